The van der Waals surface area contributed by atoms with Crippen LogP contribution < -0.4 is 0 Å². The van der Waals surface area contributed by atoms with E-state index in [1.807, 2.05) is 0 Å². The molecule has 0 aliphatic heterocycles. The summed E-state index contributed by atoms with van der Waals surface area (Å²) < 4.78 is 21.7. The lowest BCUT2D eigenvalue weighted by molar-refractivity contribution is -0.168. The van der Waals surface area contributed by atoms with Crippen LogP contribution in [0.5, 0.6) is 0 Å². The van der Waals surface area contributed by atoms with Crippen LogP contribution in [-0.2, 0) is 18.7 Å². The minimum Gasteiger partial charge on any atom is -0.378 e. The quantitative estimate of drug-likeness (QED) is 0.0604. The number of carbonyl (C=O) groups is 1. The van der Waals surface area contributed by atoms with Crippen LogP contribution in [-0.4, -0.2) is 41.8 Å². The molecule has 3 atom stereocenters. The molecule has 1 aliphatic carbocycles. The second kappa shape index (κ2) is 23.0. The molecular formula is C27H52O6PS+. The number of ether oxygens (including phenoxy) is 1. The van der Waals surface area contributed by atoms with Crippen LogP contribution in [0.4, 0.5) is 4.79 Å². The van der Waals surface area contributed by atoms with Gasteiger partial charge in [0.2, 0.25) is 0 Å². The van der Waals surface area contributed by atoms with E-state index in [4.69, 9.17) is 14.5 Å². The predicted octanol–water partition coefficient (Wildman–Crippen LogP) is 9.39. The van der Waals surface area contributed by atoms with Gasteiger partial charge in [0.1, 0.15) is 6.61 Å². The van der Waals surface area contributed by atoms with Crippen molar-refractivity contribution >= 4 is 25.5 Å². The summed E-state index contributed by atoms with van der Waals surface area (Å²) in [6.07, 6.45) is 22.6. The molecular weight excluding hydrogens is 483 g/mol. The maximum Gasteiger partial charge on any atom is 0.639 e. The maximum absolute atomic E-state index is 11.1. The highest BCUT2D eigenvalue weighted by molar-refractivity contribution is 7.99. The average molecular weight is 536 g/mol. The normalized spacial score (nSPS) is 16.7. The van der Waals surface area contributed by atoms with Crippen LogP contribution in [0.15, 0.2) is 0 Å². The number of unbranched alkanes of at least 4 members (excludes halogenated alkanes) is 6. The van der Waals surface area contributed by atoms with E-state index in [1.54, 1.807) is 0 Å². The van der Waals surface area contributed by atoms with E-state index in [2.05, 4.69) is 30.5 Å². The Kier molecular flexibility index (Phi) is 21.5. The Morgan fingerprint density at radius 2 is 1.63 bits per heavy atom. The summed E-state index contributed by atoms with van der Waals surface area (Å²) >= 11 is 2.19. The number of hydrogen-bond acceptors (Lipinski definition) is 7. The first-order valence-corrected chi connectivity index (χ1v) is 16.6. The van der Waals surface area contributed by atoms with E-state index >= 15 is 0 Å². The van der Waals surface area contributed by atoms with Gasteiger partial charge in [-0.3, -0.25) is 4.89 Å². The summed E-state index contributed by atoms with van der Waals surface area (Å²) in [4.78, 5) is 14.1. The fourth-order valence-corrected chi connectivity index (χ4v) is 6.58. The van der Waals surface area contributed by atoms with Gasteiger partial charge in [0, 0.05) is 6.61 Å². The lowest BCUT2D eigenvalue weighted by Crippen LogP contribution is -2.19. The van der Waals surface area contributed by atoms with Crippen LogP contribution in [0.3, 0.4) is 0 Å². The van der Waals surface area contributed by atoms with Crippen molar-refractivity contribution in [2.24, 2.45) is 11.8 Å². The van der Waals surface area contributed by atoms with Crippen molar-refractivity contribution in [2.75, 3.05) is 24.7 Å². The van der Waals surface area contributed by atoms with Gasteiger partial charge in [-0.1, -0.05) is 90.4 Å². The van der Waals surface area contributed by atoms with Gasteiger partial charge in [0.25, 0.3) is 0 Å². The van der Waals surface area contributed by atoms with Crippen LogP contribution in [0, 0.1) is 11.8 Å². The topological polar surface area (TPSA) is 82.1 Å². The molecule has 0 spiro atoms. The lowest BCUT2D eigenvalue weighted by atomic mass is 9.77. The zero-order valence-corrected chi connectivity index (χ0v) is 24.1. The molecule has 0 bridgehead atoms. The van der Waals surface area contributed by atoms with Crippen LogP contribution >= 0.6 is 19.8 Å². The summed E-state index contributed by atoms with van der Waals surface area (Å²) in [5.74, 6) is 4.71. The summed E-state index contributed by atoms with van der Waals surface area (Å²) in [5.41, 5.74) is -1.26. The largest absolute Gasteiger partial charge is 0.639 e. The summed E-state index contributed by atoms with van der Waals surface area (Å²) in [5, 5.41) is 8.11. The highest BCUT2D eigenvalue weighted by atomic mass is 32.2. The number of hydrogen-bond donors (Lipinski definition) is 1. The van der Waals surface area contributed by atoms with E-state index in [-0.39, 0.29) is 12.7 Å². The zero-order valence-electron chi connectivity index (χ0n) is 22.4. The minimum atomic E-state index is -2.62. The molecule has 0 aromatic carbocycles. The zero-order chi connectivity index (χ0) is 25.6. The van der Waals surface area contributed by atoms with Crippen molar-refractivity contribution in [3.05, 3.63) is 0 Å². The molecule has 0 heterocycles. The standard InChI is InChI=1S/C27H51O6PS/c1-3-4-16-26(25-17-11-9-12-18-25)19-23-35-22-13-8-6-5-7-10-15-24(2)31-20-14-21-32-34(30)27(28)33-29/h24-26H,3-23H2,1-2H3/p+1. The molecule has 1 rings (SSSR count). The molecule has 1 N–H and O–H groups in total. The van der Waals surface area contributed by atoms with Crippen LogP contribution in [0.1, 0.15) is 123 Å². The molecule has 35 heavy (non-hydrogen) atoms. The Labute approximate surface area is 219 Å². The van der Waals surface area contributed by atoms with Gasteiger partial charge in [-0.2, -0.15) is 21.8 Å². The third kappa shape index (κ3) is 17.8. The number of rotatable bonds is 23. The second-order valence-corrected chi connectivity index (χ2v) is 12.5. The Bertz CT molecular complexity index is 530. The molecule has 0 aromatic heterocycles. The van der Waals surface area contributed by atoms with Crippen molar-refractivity contribution in [3.8, 4) is 0 Å². The van der Waals surface area contributed by atoms with Crippen LogP contribution in [0.25, 0.3) is 0 Å². The minimum absolute atomic E-state index is 0.134. The second-order valence-electron chi connectivity index (χ2n) is 10.1. The van der Waals surface area contributed by atoms with Gasteiger partial charge in [-0.25, -0.2) is 0 Å². The Balaban J connectivity index is 1.89. The molecule has 6 nitrogen and oxygen atoms in total. The maximum atomic E-state index is 11.1. The van der Waals surface area contributed by atoms with Crippen molar-refractivity contribution in [1.82, 2.24) is 0 Å². The van der Waals surface area contributed by atoms with Crippen molar-refractivity contribution in [3.63, 3.8) is 0 Å². The fourth-order valence-electron chi connectivity index (χ4n) is 5.03. The molecule has 206 valence electrons. The molecule has 0 aromatic rings. The van der Waals surface area contributed by atoms with Gasteiger partial charge in [0.15, 0.2) is 0 Å². The Morgan fingerprint density at radius 1 is 0.914 bits per heavy atom. The summed E-state index contributed by atoms with van der Waals surface area (Å²) in [6, 6.07) is 0. The lowest BCUT2D eigenvalue weighted by Gasteiger charge is -2.30. The smallest absolute Gasteiger partial charge is 0.378 e. The molecule has 0 saturated heterocycles. The van der Waals surface area contributed by atoms with E-state index in [0.29, 0.717) is 13.0 Å². The van der Waals surface area contributed by atoms with E-state index in [1.165, 1.54) is 108 Å². The van der Waals surface area contributed by atoms with E-state index < -0.39 is 13.7 Å². The predicted molar refractivity (Wildman–Crippen MR) is 147 cm³/mol. The van der Waals surface area contributed by atoms with Crippen molar-refractivity contribution in [2.45, 2.75) is 129 Å². The average Bonchev–Trinajstić information content (AvgIpc) is 2.88. The molecule has 0 radical (unpaired) electrons. The van der Waals surface area contributed by atoms with Gasteiger partial charge >= 0.3 is 13.7 Å². The highest BCUT2D eigenvalue weighted by Gasteiger charge is 2.34. The number of carbonyl (C=O) groups excluding carboxylic acids is 1. The van der Waals surface area contributed by atoms with E-state index in [0.717, 1.165) is 18.3 Å². The Morgan fingerprint density at radius 3 is 2.34 bits per heavy atom. The first kappa shape index (κ1) is 32.8. The third-order valence-corrected chi connectivity index (χ3v) is 9.05. The molecule has 0 amide bonds. The van der Waals surface area contributed by atoms with Gasteiger partial charge in [-0.05, 0) is 60.5 Å². The molecule has 8 heteroatoms. The Hall–Kier alpha value is -0.200. The fraction of sp³-hybridized carbons (Fsp3) is 0.963. The monoisotopic (exact) mass is 535 g/mol. The number of thioether (sulfide) groups is 1. The van der Waals surface area contributed by atoms with Gasteiger partial charge in [-0.15, -0.1) is 4.52 Å². The van der Waals surface area contributed by atoms with Crippen LogP contribution in [0.2, 0.25) is 0 Å². The first-order chi connectivity index (χ1) is 17.1. The molecule has 3 unspecified atom stereocenters. The highest BCUT2D eigenvalue weighted by Crippen LogP contribution is 2.35. The van der Waals surface area contributed by atoms with Crippen molar-refractivity contribution < 1.29 is 28.8 Å². The van der Waals surface area contributed by atoms with Gasteiger partial charge in [0.05, 0.1) is 6.10 Å². The third-order valence-electron chi connectivity index (χ3n) is 7.15. The summed E-state index contributed by atoms with van der Waals surface area (Å²) in [7, 11) is -2.62. The molecule has 1 aliphatic rings. The van der Waals surface area contributed by atoms with Gasteiger partial charge < -0.3 is 4.74 Å². The first-order valence-electron chi connectivity index (χ1n) is 14.2. The van der Waals surface area contributed by atoms with E-state index in [9.17, 15) is 9.36 Å². The molecule has 1 fully saturated rings. The SMILES string of the molecule is CCCCC(CCSCCCCCCCCC(C)OCCCO[P+](=O)C(=O)OO)C1CCCCC1. The molecule has 1 saturated carbocycles. The summed E-state index contributed by atoms with van der Waals surface area (Å²) in [6.45, 7) is 5.03. The van der Waals surface area contributed by atoms with Crippen molar-refractivity contribution in [1.29, 1.82) is 0 Å².